The van der Waals surface area contributed by atoms with Crippen LogP contribution < -0.4 is 0 Å². The quantitative estimate of drug-likeness (QED) is 0.343. The molecule has 2 nitrogen and oxygen atoms in total. The van der Waals surface area contributed by atoms with Crippen molar-refractivity contribution in [3.05, 3.63) is 12.7 Å². The molecule has 0 rings (SSSR count). The van der Waals surface area contributed by atoms with Crippen molar-refractivity contribution in [3.63, 3.8) is 0 Å². The van der Waals surface area contributed by atoms with Crippen LogP contribution in [0.3, 0.4) is 0 Å². The molecule has 0 bridgehead atoms. The van der Waals surface area contributed by atoms with Gasteiger partial charge in [0, 0.05) is 5.92 Å². The number of aliphatic imine (C=N–C) groups is 1. The maximum absolute atomic E-state index is 11.1. The van der Waals surface area contributed by atoms with Crippen LogP contribution in [0.2, 0.25) is 0 Å². The van der Waals surface area contributed by atoms with Crippen molar-refractivity contribution in [2.24, 2.45) is 10.9 Å². The number of rotatable bonds is 5. The van der Waals surface area contributed by atoms with E-state index >= 15 is 0 Å². The highest BCUT2D eigenvalue weighted by molar-refractivity contribution is 5.75. The second-order valence-corrected chi connectivity index (χ2v) is 3.34. The summed E-state index contributed by atoms with van der Waals surface area (Å²) in [7, 11) is 0. The Balaban J connectivity index is 3.86. The fraction of sp³-hybridized carbons (Fsp3) is 0.700. The van der Waals surface area contributed by atoms with Gasteiger partial charge >= 0.3 is 0 Å². The molecular formula is C10H18NO. The van der Waals surface area contributed by atoms with Gasteiger partial charge in [0.15, 0.2) is 0 Å². The van der Waals surface area contributed by atoms with Gasteiger partial charge in [0.1, 0.15) is 0 Å². The Hall–Kier alpha value is -0.790. The Kier molecular flexibility index (Phi) is 5.43. The normalized spacial score (nSPS) is 14.8. The van der Waals surface area contributed by atoms with Gasteiger partial charge in [-0.1, -0.05) is 19.9 Å². The molecule has 0 fully saturated rings. The lowest BCUT2D eigenvalue weighted by atomic mass is 10.2. The third-order valence-electron chi connectivity index (χ3n) is 1.63. The molecule has 1 unspecified atom stereocenters. The van der Waals surface area contributed by atoms with E-state index in [1.54, 1.807) is 0 Å². The topological polar surface area (TPSA) is 32.3 Å². The van der Waals surface area contributed by atoms with Gasteiger partial charge in [0.05, 0.1) is 6.04 Å². The third kappa shape index (κ3) is 4.94. The number of allylic oxidation sites excluding steroid dienone is 1. The maximum Gasteiger partial charge on any atom is 0.243 e. The molecule has 0 amide bonds. The molecule has 0 heterocycles. The Morgan fingerprint density at radius 1 is 1.50 bits per heavy atom. The Morgan fingerprint density at radius 3 is 2.50 bits per heavy atom. The van der Waals surface area contributed by atoms with E-state index < -0.39 is 0 Å². The van der Waals surface area contributed by atoms with Crippen molar-refractivity contribution in [2.45, 2.75) is 39.7 Å². The fourth-order valence-corrected chi connectivity index (χ4v) is 0.790. The first-order valence-electron chi connectivity index (χ1n) is 4.43. The molecule has 0 aromatic rings. The van der Waals surface area contributed by atoms with E-state index in [0.717, 1.165) is 12.8 Å². The second kappa shape index (κ2) is 5.81. The van der Waals surface area contributed by atoms with E-state index in [2.05, 4.69) is 11.6 Å². The SMILES string of the molecule is C=CCCC(C)N=C([O])C(C)C. The van der Waals surface area contributed by atoms with Crippen LogP contribution >= 0.6 is 0 Å². The van der Waals surface area contributed by atoms with Crippen molar-refractivity contribution in [3.8, 4) is 0 Å². The molecule has 0 saturated carbocycles. The van der Waals surface area contributed by atoms with Crippen LogP contribution in [0.4, 0.5) is 0 Å². The lowest BCUT2D eigenvalue weighted by molar-refractivity contribution is 0.385. The van der Waals surface area contributed by atoms with E-state index in [-0.39, 0.29) is 17.9 Å². The molecular weight excluding hydrogens is 150 g/mol. The predicted octanol–water partition coefficient (Wildman–Crippen LogP) is 2.83. The lowest BCUT2D eigenvalue weighted by Gasteiger charge is -2.05. The molecule has 1 radical (unpaired) electrons. The summed E-state index contributed by atoms with van der Waals surface area (Å²) in [5, 5.41) is 11.1. The molecule has 0 aromatic carbocycles. The van der Waals surface area contributed by atoms with Crippen molar-refractivity contribution in [2.75, 3.05) is 0 Å². The van der Waals surface area contributed by atoms with Gasteiger partial charge in [0.25, 0.3) is 0 Å². The van der Waals surface area contributed by atoms with Crippen molar-refractivity contribution < 1.29 is 5.11 Å². The minimum absolute atomic E-state index is 0.00608. The second-order valence-electron chi connectivity index (χ2n) is 3.34. The van der Waals surface area contributed by atoms with E-state index in [1.165, 1.54) is 0 Å². The van der Waals surface area contributed by atoms with Gasteiger partial charge in [-0.2, -0.15) is 0 Å². The van der Waals surface area contributed by atoms with Crippen LogP contribution in [-0.2, 0) is 5.11 Å². The number of hydrogen-bond donors (Lipinski definition) is 0. The van der Waals surface area contributed by atoms with Crippen LogP contribution in [-0.4, -0.2) is 11.9 Å². The summed E-state index contributed by atoms with van der Waals surface area (Å²) in [4.78, 5) is 4.03. The highest BCUT2D eigenvalue weighted by Gasteiger charge is 2.06. The minimum Gasteiger partial charge on any atom is -0.273 e. The molecule has 12 heavy (non-hydrogen) atoms. The summed E-state index contributed by atoms with van der Waals surface area (Å²) in [6.07, 6.45) is 3.70. The summed E-state index contributed by atoms with van der Waals surface area (Å²) in [6.45, 7) is 9.32. The average molecular weight is 168 g/mol. The summed E-state index contributed by atoms with van der Waals surface area (Å²) in [6, 6.07) is 0.137. The molecule has 2 heteroatoms. The van der Waals surface area contributed by atoms with Crippen LogP contribution in [0.5, 0.6) is 0 Å². The highest BCUT2D eigenvalue weighted by atomic mass is 16.3. The van der Waals surface area contributed by atoms with E-state index in [9.17, 15) is 5.11 Å². The van der Waals surface area contributed by atoms with Crippen LogP contribution in [0.1, 0.15) is 33.6 Å². The lowest BCUT2D eigenvalue weighted by Crippen LogP contribution is -2.09. The zero-order valence-corrected chi connectivity index (χ0v) is 8.21. The molecule has 0 N–H and O–H groups in total. The molecule has 0 aliphatic rings. The Labute approximate surface area is 75.0 Å². The van der Waals surface area contributed by atoms with Crippen LogP contribution in [0, 0.1) is 5.92 Å². The summed E-state index contributed by atoms with van der Waals surface area (Å²) in [5.41, 5.74) is 0. The van der Waals surface area contributed by atoms with Crippen LogP contribution in [0.25, 0.3) is 0 Å². The van der Waals surface area contributed by atoms with Crippen molar-refractivity contribution in [1.82, 2.24) is 0 Å². The standard InChI is InChI=1S/C10H18NO/c1-5-6-7-9(4)11-10(12)8(2)3/h5,8-9H,1,6-7H2,2-4H3. The van der Waals surface area contributed by atoms with Gasteiger partial charge in [-0.3, -0.25) is 5.11 Å². The average Bonchev–Trinajstić information content (AvgIpc) is 2.00. The molecule has 0 aliphatic heterocycles. The van der Waals surface area contributed by atoms with Gasteiger partial charge in [-0.05, 0) is 19.8 Å². The first kappa shape index (κ1) is 11.2. The summed E-state index contributed by atoms with van der Waals surface area (Å²) >= 11 is 0. The molecule has 0 aromatic heterocycles. The molecule has 0 spiro atoms. The number of hydrogen-bond acceptors (Lipinski definition) is 1. The molecule has 69 valence electrons. The summed E-state index contributed by atoms with van der Waals surface area (Å²) < 4.78 is 0. The first-order valence-corrected chi connectivity index (χ1v) is 4.43. The molecule has 0 aliphatic carbocycles. The fourth-order valence-electron chi connectivity index (χ4n) is 0.790. The largest absolute Gasteiger partial charge is 0.273 e. The zero-order chi connectivity index (χ0) is 9.56. The van der Waals surface area contributed by atoms with Crippen molar-refractivity contribution >= 4 is 5.90 Å². The van der Waals surface area contributed by atoms with Crippen LogP contribution in [0.15, 0.2) is 17.6 Å². The monoisotopic (exact) mass is 168 g/mol. The number of nitrogens with zero attached hydrogens (tertiary/aromatic N) is 1. The minimum atomic E-state index is 0.00608. The molecule has 1 atom stereocenters. The predicted molar refractivity (Wildman–Crippen MR) is 51.9 cm³/mol. The smallest absolute Gasteiger partial charge is 0.243 e. The zero-order valence-electron chi connectivity index (χ0n) is 8.21. The van der Waals surface area contributed by atoms with Gasteiger partial charge in [0.2, 0.25) is 5.90 Å². The van der Waals surface area contributed by atoms with E-state index in [1.807, 2.05) is 26.8 Å². The maximum atomic E-state index is 11.1. The van der Waals surface area contributed by atoms with Gasteiger partial charge in [-0.15, -0.1) is 6.58 Å². The Bertz CT molecular complexity index is 161. The van der Waals surface area contributed by atoms with E-state index in [0.29, 0.717) is 0 Å². The Morgan fingerprint density at radius 2 is 2.08 bits per heavy atom. The summed E-state index contributed by atoms with van der Waals surface area (Å²) in [5.74, 6) is 0.0303. The third-order valence-corrected chi connectivity index (χ3v) is 1.63. The molecule has 0 saturated heterocycles. The van der Waals surface area contributed by atoms with Gasteiger partial charge in [-0.25, -0.2) is 4.99 Å². The van der Waals surface area contributed by atoms with Crippen molar-refractivity contribution in [1.29, 1.82) is 0 Å². The first-order chi connectivity index (χ1) is 5.57. The van der Waals surface area contributed by atoms with Gasteiger partial charge < -0.3 is 0 Å². The van der Waals surface area contributed by atoms with E-state index in [4.69, 9.17) is 0 Å². The highest BCUT2D eigenvalue weighted by Crippen LogP contribution is 2.04.